The van der Waals surface area contributed by atoms with Gasteiger partial charge in [-0.2, -0.15) is 10.2 Å². The zero-order valence-corrected chi connectivity index (χ0v) is 17.1. The van der Waals surface area contributed by atoms with E-state index < -0.39 is 0 Å². The minimum Gasteiger partial charge on any atom is -0.338 e. The van der Waals surface area contributed by atoms with Gasteiger partial charge in [0.1, 0.15) is 5.82 Å². The molecule has 1 aliphatic heterocycles. The highest BCUT2D eigenvalue weighted by molar-refractivity contribution is 6.08. The minimum absolute atomic E-state index is 0.0488. The summed E-state index contributed by atoms with van der Waals surface area (Å²) in [5.74, 6) is 0.852. The van der Waals surface area contributed by atoms with Crippen LogP contribution in [-0.4, -0.2) is 25.5 Å². The number of fused-ring (bicyclic) bond motifs is 2. The smallest absolute Gasteiger partial charge is 0.258 e. The summed E-state index contributed by atoms with van der Waals surface area (Å²) in [6, 6.07) is 15.6. The van der Waals surface area contributed by atoms with Crippen molar-refractivity contribution in [1.82, 2.24) is 19.6 Å². The first-order valence-corrected chi connectivity index (χ1v) is 9.83. The number of para-hydroxylation sites is 2. The van der Waals surface area contributed by atoms with E-state index in [0.717, 1.165) is 39.7 Å². The van der Waals surface area contributed by atoms with Crippen LogP contribution in [0.4, 0.5) is 17.2 Å². The van der Waals surface area contributed by atoms with Crippen molar-refractivity contribution in [2.24, 2.45) is 7.05 Å². The molecule has 0 bridgehead atoms. The SMILES string of the molecule is Cc1ccn(-c2ccc(C(=O)N3Cc4cnn(C)c4Nc4ccccc43)cc2C)n1. The van der Waals surface area contributed by atoms with Gasteiger partial charge >= 0.3 is 0 Å². The number of anilines is 3. The van der Waals surface area contributed by atoms with E-state index in [1.807, 2.05) is 91.4 Å². The number of benzene rings is 2. The molecule has 0 spiro atoms. The van der Waals surface area contributed by atoms with Crippen LogP contribution in [-0.2, 0) is 13.6 Å². The number of hydrogen-bond donors (Lipinski definition) is 1. The van der Waals surface area contributed by atoms with Gasteiger partial charge in [-0.1, -0.05) is 12.1 Å². The average Bonchev–Trinajstić information content (AvgIpc) is 3.27. The molecule has 0 atom stereocenters. The first kappa shape index (κ1) is 18.2. The predicted molar refractivity (Wildman–Crippen MR) is 116 cm³/mol. The molecule has 1 N–H and O–H groups in total. The number of aromatic nitrogens is 4. The number of amides is 1. The van der Waals surface area contributed by atoms with E-state index in [9.17, 15) is 4.79 Å². The molecular formula is C23H22N6O. The lowest BCUT2D eigenvalue weighted by Crippen LogP contribution is -2.30. The van der Waals surface area contributed by atoms with Gasteiger partial charge in [-0.05, 0) is 55.8 Å². The fourth-order valence-corrected chi connectivity index (χ4v) is 3.89. The summed E-state index contributed by atoms with van der Waals surface area (Å²) >= 11 is 0. The Morgan fingerprint density at radius 2 is 1.90 bits per heavy atom. The zero-order chi connectivity index (χ0) is 20.8. The first-order chi connectivity index (χ1) is 14.5. The van der Waals surface area contributed by atoms with E-state index >= 15 is 0 Å². The summed E-state index contributed by atoms with van der Waals surface area (Å²) in [5.41, 5.74) is 6.26. The molecule has 7 heteroatoms. The standard InChI is InChI=1S/C23H22N6O/c1-15-12-17(8-9-20(15)29-11-10-16(2)26-29)23(30)28-14-18-13-24-27(3)22(18)25-19-6-4-5-7-21(19)28/h4-13,25H,14H2,1-3H3. The summed E-state index contributed by atoms with van der Waals surface area (Å²) < 4.78 is 3.64. The minimum atomic E-state index is -0.0488. The maximum absolute atomic E-state index is 13.6. The third-order valence-corrected chi connectivity index (χ3v) is 5.45. The van der Waals surface area contributed by atoms with Gasteiger partial charge in [0.05, 0.1) is 35.5 Å². The second kappa shape index (κ2) is 6.88. The second-order valence-electron chi connectivity index (χ2n) is 7.58. The molecule has 0 saturated heterocycles. The second-order valence-corrected chi connectivity index (χ2v) is 7.58. The number of rotatable bonds is 2. The molecule has 3 heterocycles. The molecule has 5 rings (SSSR count). The summed E-state index contributed by atoms with van der Waals surface area (Å²) in [6.07, 6.45) is 3.74. The average molecular weight is 398 g/mol. The van der Waals surface area contributed by atoms with Crippen molar-refractivity contribution in [3.8, 4) is 5.69 Å². The molecule has 4 aromatic rings. The fraction of sp³-hybridized carbons (Fsp3) is 0.174. The molecule has 2 aromatic carbocycles. The first-order valence-electron chi connectivity index (χ1n) is 9.83. The topological polar surface area (TPSA) is 68.0 Å². The molecule has 0 unspecified atom stereocenters. The van der Waals surface area contributed by atoms with Crippen molar-refractivity contribution < 1.29 is 4.79 Å². The van der Waals surface area contributed by atoms with Crippen molar-refractivity contribution in [2.45, 2.75) is 20.4 Å². The van der Waals surface area contributed by atoms with Gasteiger partial charge in [-0.25, -0.2) is 4.68 Å². The number of aryl methyl sites for hydroxylation is 3. The normalized spacial score (nSPS) is 12.7. The molecule has 0 aliphatic carbocycles. The van der Waals surface area contributed by atoms with Crippen molar-refractivity contribution in [3.05, 3.63) is 83.3 Å². The van der Waals surface area contributed by atoms with E-state index in [0.29, 0.717) is 12.1 Å². The maximum atomic E-state index is 13.6. The van der Waals surface area contributed by atoms with Crippen LogP contribution in [0.1, 0.15) is 27.2 Å². The Balaban J connectivity index is 1.55. The zero-order valence-electron chi connectivity index (χ0n) is 17.1. The molecule has 0 saturated carbocycles. The Morgan fingerprint density at radius 3 is 2.67 bits per heavy atom. The Morgan fingerprint density at radius 1 is 1.07 bits per heavy atom. The number of nitrogens with one attached hydrogen (secondary N) is 1. The van der Waals surface area contributed by atoms with Crippen molar-refractivity contribution in [1.29, 1.82) is 0 Å². The molecule has 30 heavy (non-hydrogen) atoms. The Bertz CT molecular complexity index is 1270. The van der Waals surface area contributed by atoms with Gasteiger partial charge in [0.25, 0.3) is 5.91 Å². The van der Waals surface area contributed by atoms with Crippen LogP contribution < -0.4 is 10.2 Å². The predicted octanol–water partition coefficient (Wildman–Crippen LogP) is 4.13. The fourth-order valence-electron chi connectivity index (χ4n) is 3.89. The Hall–Kier alpha value is -3.87. The monoisotopic (exact) mass is 398 g/mol. The molecule has 150 valence electrons. The Labute approximate surface area is 174 Å². The highest BCUT2D eigenvalue weighted by Gasteiger charge is 2.26. The number of carbonyl (C=O) groups excluding carboxylic acids is 1. The highest BCUT2D eigenvalue weighted by Crippen LogP contribution is 2.36. The molecule has 0 radical (unpaired) electrons. The maximum Gasteiger partial charge on any atom is 0.258 e. The summed E-state index contributed by atoms with van der Waals surface area (Å²) in [4.78, 5) is 15.4. The number of hydrogen-bond acceptors (Lipinski definition) is 4. The van der Waals surface area contributed by atoms with E-state index in [1.54, 1.807) is 4.68 Å². The molecule has 2 aromatic heterocycles. The van der Waals surface area contributed by atoms with E-state index in [-0.39, 0.29) is 5.91 Å². The Kier molecular flexibility index (Phi) is 4.17. The molecule has 0 fully saturated rings. The lowest BCUT2D eigenvalue weighted by Gasteiger charge is -2.23. The van der Waals surface area contributed by atoms with Crippen molar-refractivity contribution in [2.75, 3.05) is 10.2 Å². The van der Waals surface area contributed by atoms with Crippen LogP contribution >= 0.6 is 0 Å². The summed E-state index contributed by atoms with van der Waals surface area (Å²) in [6.45, 7) is 4.41. The van der Waals surface area contributed by atoms with Gasteiger partial charge in [0.2, 0.25) is 0 Å². The lowest BCUT2D eigenvalue weighted by molar-refractivity contribution is 0.0985. The molecule has 7 nitrogen and oxygen atoms in total. The van der Waals surface area contributed by atoms with Crippen LogP contribution in [0.25, 0.3) is 5.69 Å². The molecule has 1 aliphatic rings. The van der Waals surface area contributed by atoms with Gasteiger partial charge in [0, 0.05) is 24.4 Å². The quantitative estimate of drug-likeness (QED) is 0.551. The van der Waals surface area contributed by atoms with Crippen LogP contribution in [0.15, 0.2) is 60.9 Å². The molecular weight excluding hydrogens is 376 g/mol. The summed E-state index contributed by atoms with van der Waals surface area (Å²) in [7, 11) is 1.89. The van der Waals surface area contributed by atoms with Crippen LogP contribution in [0.3, 0.4) is 0 Å². The third kappa shape index (κ3) is 2.95. The van der Waals surface area contributed by atoms with Gasteiger partial charge in [-0.3, -0.25) is 9.48 Å². The van der Waals surface area contributed by atoms with Crippen molar-refractivity contribution in [3.63, 3.8) is 0 Å². The van der Waals surface area contributed by atoms with Gasteiger partial charge in [-0.15, -0.1) is 0 Å². The summed E-state index contributed by atoms with van der Waals surface area (Å²) in [5, 5.41) is 12.3. The van der Waals surface area contributed by atoms with Crippen LogP contribution in [0.2, 0.25) is 0 Å². The van der Waals surface area contributed by atoms with E-state index in [1.165, 1.54) is 0 Å². The van der Waals surface area contributed by atoms with Gasteiger partial charge < -0.3 is 10.2 Å². The lowest BCUT2D eigenvalue weighted by atomic mass is 10.1. The number of carbonyl (C=O) groups is 1. The van der Waals surface area contributed by atoms with E-state index in [4.69, 9.17) is 0 Å². The van der Waals surface area contributed by atoms with Crippen molar-refractivity contribution >= 4 is 23.1 Å². The van der Waals surface area contributed by atoms with Gasteiger partial charge in [0.15, 0.2) is 0 Å². The third-order valence-electron chi connectivity index (χ3n) is 5.45. The van der Waals surface area contributed by atoms with Crippen LogP contribution in [0, 0.1) is 13.8 Å². The highest BCUT2D eigenvalue weighted by atomic mass is 16.2. The largest absolute Gasteiger partial charge is 0.338 e. The van der Waals surface area contributed by atoms with Crippen LogP contribution in [0.5, 0.6) is 0 Å². The number of nitrogens with zero attached hydrogens (tertiary/aromatic N) is 5. The van der Waals surface area contributed by atoms with E-state index in [2.05, 4.69) is 15.5 Å². The molecule has 1 amide bonds.